The summed E-state index contributed by atoms with van der Waals surface area (Å²) in [7, 11) is 1.55. The normalized spacial score (nSPS) is 10.7. The Hall–Kier alpha value is -2.62. The largest absolute Gasteiger partial charge is 0.496 e. The van der Waals surface area contributed by atoms with Crippen molar-refractivity contribution in [2.45, 2.75) is 0 Å². The molecule has 4 heteroatoms. The molecule has 1 N–H and O–H groups in total. The Morgan fingerprint density at radius 3 is 2.75 bits per heavy atom. The highest BCUT2D eigenvalue weighted by atomic mass is 19.1. The van der Waals surface area contributed by atoms with Gasteiger partial charge in [-0.25, -0.2) is 4.39 Å². The van der Waals surface area contributed by atoms with Gasteiger partial charge in [-0.3, -0.25) is 4.79 Å². The number of hydrogen-bond donors (Lipinski definition) is 1. The summed E-state index contributed by atoms with van der Waals surface area (Å²) in [4.78, 5) is 15.5. The van der Waals surface area contributed by atoms with E-state index in [1.54, 1.807) is 25.4 Å². The Labute approximate surface area is 115 Å². The third-order valence-electron chi connectivity index (χ3n) is 3.22. The number of aromatic amines is 1. The van der Waals surface area contributed by atoms with Crippen LogP contribution in [0.4, 0.5) is 4.39 Å². The number of ether oxygens (including phenoxy) is 1. The Balaban J connectivity index is 2.17. The van der Waals surface area contributed by atoms with Gasteiger partial charge in [0.15, 0.2) is 5.78 Å². The summed E-state index contributed by atoms with van der Waals surface area (Å²) in [5.41, 5.74) is 1.60. The van der Waals surface area contributed by atoms with Gasteiger partial charge in [0.25, 0.3) is 0 Å². The molecule has 0 aliphatic heterocycles. The number of carbonyl (C=O) groups is 1. The zero-order chi connectivity index (χ0) is 14.1. The molecule has 0 bridgehead atoms. The van der Waals surface area contributed by atoms with Crippen molar-refractivity contribution in [2.75, 3.05) is 7.11 Å². The summed E-state index contributed by atoms with van der Waals surface area (Å²) in [6.07, 6.45) is 1.63. The molecule has 0 spiro atoms. The van der Waals surface area contributed by atoms with Crippen molar-refractivity contribution in [3.63, 3.8) is 0 Å². The predicted octanol–water partition coefficient (Wildman–Crippen LogP) is 3.55. The number of ketones is 1. The molecule has 3 rings (SSSR count). The van der Waals surface area contributed by atoms with Crippen LogP contribution in [0.15, 0.2) is 48.7 Å². The average molecular weight is 269 g/mol. The second-order valence-electron chi connectivity index (χ2n) is 4.42. The molecule has 0 unspecified atom stereocenters. The van der Waals surface area contributed by atoms with Gasteiger partial charge in [-0.2, -0.15) is 0 Å². The van der Waals surface area contributed by atoms with Gasteiger partial charge in [-0.15, -0.1) is 0 Å². The summed E-state index contributed by atoms with van der Waals surface area (Å²) in [5, 5.41) is 0.712. The van der Waals surface area contributed by atoms with Crippen LogP contribution in [0.1, 0.15) is 15.9 Å². The summed E-state index contributed by atoms with van der Waals surface area (Å²) < 4.78 is 18.5. The molecule has 1 heterocycles. The highest BCUT2D eigenvalue weighted by molar-refractivity contribution is 6.17. The lowest BCUT2D eigenvalue weighted by Crippen LogP contribution is -2.01. The van der Waals surface area contributed by atoms with E-state index in [0.717, 1.165) is 5.52 Å². The smallest absolute Gasteiger partial charge is 0.195 e. The molecule has 100 valence electrons. The van der Waals surface area contributed by atoms with Crippen LogP contribution in [0.25, 0.3) is 10.9 Å². The maximum atomic E-state index is 13.2. The van der Waals surface area contributed by atoms with E-state index in [9.17, 15) is 9.18 Å². The quantitative estimate of drug-likeness (QED) is 0.739. The lowest BCUT2D eigenvalue weighted by atomic mass is 10.0. The molecule has 0 aliphatic rings. The first-order valence-electron chi connectivity index (χ1n) is 6.15. The fourth-order valence-corrected chi connectivity index (χ4v) is 2.29. The second kappa shape index (κ2) is 4.81. The summed E-state index contributed by atoms with van der Waals surface area (Å²) >= 11 is 0. The summed E-state index contributed by atoms with van der Waals surface area (Å²) in [6.45, 7) is 0. The molecule has 3 nitrogen and oxygen atoms in total. The molecule has 0 radical (unpaired) electrons. The Morgan fingerprint density at radius 1 is 1.20 bits per heavy atom. The van der Waals surface area contributed by atoms with Crippen LogP contribution in [0.3, 0.4) is 0 Å². The molecule has 0 saturated carbocycles. The van der Waals surface area contributed by atoms with E-state index in [-0.39, 0.29) is 5.78 Å². The molecule has 3 aromatic rings. The van der Waals surface area contributed by atoms with Crippen molar-refractivity contribution in [1.82, 2.24) is 4.98 Å². The summed E-state index contributed by atoms with van der Waals surface area (Å²) in [5.74, 6) is -0.0496. The van der Waals surface area contributed by atoms with Gasteiger partial charge in [0, 0.05) is 17.3 Å². The van der Waals surface area contributed by atoms with Crippen molar-refractivity contribution in [3.05, 3.63) is 65.6 Å². The number of methoxy groups -OCH3 is 1. The Kier molecular flexibility index (Phi) is 2.99. The van der Waals surface area contributed by atoms with E-state index < -0.39 is 5.82 Å². The maximum absolute atomic E-state index is 13.2. The third kappa shape index (κ3) is 1.95. The van der Waals surface area contributed by atoms with E-state index in [1.807, 2.05) is 12.1 Å². The lowest BCUT2D eigenvalue weighted by molar-refractivity contribution is 0.103. The molecule has 0 aliphatic carbocycles. The van der Waals surface area contributed by atoms with E-state index in [2.05, 4.69) is 4.98 Å². The van der Waals surface area contributed by atoms with Crippen molar-refractivity contribution in [1.29, 1.82) is 0 Å². The number of rotatable bonds is 3. The van der Waals surface area contributed by atoms with Crippen molar-refractivity contribution in [2.24, 2.45) is 0 Å². The van der Waals surface area contributed by atoms with Gasteiger partial charge in [0.2, 0.25) is 0 Å². The van der Waals surface area contributed by atoms with Crippen LogP contribution in [0.5, 0.6) is 5.75 Å². The molecule has 1 aromatic heterocycles. The Bertz CT molecular complexity index is 792. The first-order chi connectivity index (χ1) is 9.70. The minimum Gasteiger partial charge on any atom is -0.496 e. The van der Waals surface area contributed by atoms with Crippen LogP contribution in [-0.4, -0.2) is 17.9 Å². The highest BCUT2D eigenvalue weighted by Gasteiger charge is 2.17. The van der Waals surface area contributed by atoms with Gasteiger partial charge >= 0.3 is 0 Å². The van der Waals surface area contributed by atoms with Crippen LogP contribution >= 0.6 is 0 Å². The van der Waals surface area contributed by atoms with E-state index in [4.69, 9.17) is 4.74 Å². The number of benzene rings is 2. The topological polar surface area (TPSA) is 42.1 Å². The average Bonchev–Trinajstić information content (AvgIpc) is 2.90. The van der Waals surface area contributed by atoms with Crippen LogP contribution < -0.4 is 4.74 Å². The number of nitrogens with one attached hydrogen (secondary N) is 1. The summed E-state index contributed by atoms with van der Waals surface area (Å²) in [6, 6.07) is 11.2. The number of carbonyl (C=O) groups excluding carboxylic acids is 1. The van der Waals surface area contributed by atoms with E-state index >= 15 is 0 Å². The second-order valence-corrected chi connectivity index (χ2v) is 4.42. The molecule has 0 fully saturated rings. The Morgan fingerprint density at radius 2 is 2.00 bits per heavy atom. The fourth-order valence-electron chi connectivity index (χ4n) is 2.29. The van der Waals surface area contributed by atoms with E-state index in [0.29, 0.717) is 22.3 Å². The molecule has 0 atom stereocenters. The SMILES string of the molecule is COc1cccc2[nH]cc(C(=O)c3cccc(F)c3)c12. The molecule has 2 aromatic carbocycles. The third-order valence-corrected chi connectivity index (χ3v) is 3.22. The van der Waals surface area contributed by atoms with Gasteiger partial charge in [-0.1, -0.05) is 18.2 Å². The van der Waals surface area contributed by atoms with Crippen molar-refractivity contribution >= 4 is 16.7 Å². The number of H-pyrrole nitrogens is 1. The number of hydrogen-bond acceptors (Lipinski definition) is 2. The molecule has 0 saturated heterocycles. The molecule has 0 amide bonds. The standard InChI is InChI=1S/C16H12FNO2/c1-20-14-7-3-6-13-15(14)12(9-18-13)16(19)10-4-2-5-11(17)8-10/h2-9,18H,1H3. The minimum atomic E-state index is -0.428. The first-order valence-corrected chi connectivity index (χ1v) is 6.15. The van der Waals surface area contributed by atoms with Crippen LogP contribution in [0, 0.1) is 5.82 Å². The lowest BCUT2D eigenvalue weighted by Gasteiger charge is -2.04. The maximum Gasteiger partial charge on any atom is 0.195 e. The van der Waals surface area contributed by atoms with Gasteiger partial charge < -0.3 is 9.72 Å². The van der Waals surface area contributed by atoms with Crippen molar-refractivity contribution < 1.29 is 13.9 Å². The monoisotopic (exact) mass is 269 g/mol. The van der Waals surface area contributed by atoms with Gasteiger partial charge in [0.1, 0.15) is 11.6 Å². The first kappa shape index (κ1) is 12.4. The van der Waals surface area contributed by atoms with Crippen LogP contribution in [0.2, 0.25) is 0 Å². The molecular formula is C16H12FNO2. The minimum absolute atomic E-state index is 0.236. The molecule has 20 heavy (non-hydrogen) atoms. The fraction of sp³-hybridized carbons (Fsp3) is 0.0625. The van der Waals surface area contributed by atoms with E-state index in [1.165, 1.54) is 18.2 Å². The number of aromatic nitrogens is 1. The van der Waals surface area contributed by atoms with Crippen LogP contribution in [-0.2, 0) is 0 Å². The van der Waals surface area contributed by atoms with Gasteiger partial charge in [-0.05, 0) is 24.3 Å². The number of fused-ring (bicyclic) bond motifs is 1. The van der Waals surface area contributed by atoms with Crippen molar-refractivity contribution in [3.8, 4) is 5.75 Å². The predicted molar refractivity (Wildman–Crippen MR) is 74.7 cm³/mol. The number of halogens is 1. The molecular weight excluding hydrogens is 257 g/mol. The highest BCUT2D eigenvalue weighted by Crippen LogP contribution is 2.30. The van der Waals surface area contributed by atoms with Gasteiger partial charge in [0.05, 0.1) is 18.1 Å². The zero-order valence-electron chi connectivity index (χ0n) is 10.8. The zero-order valence-corrected chi connectivity index (χ0v) is 10.8.